The van der Waals surface area contributed by atoms with Crippen molar-refractivity contribution in [3.8, 4) is 11.5 Å². The molecule has 1 saturated heterocycles. The van der Waals surface area contributed by atoms with Gasteiger partial charge in [0.1, 0.15) is 23.9 Å². The average Bonchev–Trinajstić information content (AvgIpc) is 3.20. The van der Waals surface area contributed by atoms with Gasteiger partial charge in [-0.25, -0.2) is 4.39 Å². The zero-order valence-electron chi connectivity index (χ0n) is 15.2. The molecule has 2 aliphatic rings. The first-order chi connectivity index (χ1) is 13.2. The van der Waals surface area contributed by atoms with Crippen molar-refractivity contribution in [2.24, 2.45) is 0 Å². The second kappa shape index (κ2) is 8.44. The maximum Gasteiger partial charge on any atom is 0.127 e. The van der Waals surface area contributed by atoms with E-state index in [0.717, 1.165) is 53.2 Å². The van der Waals surface area contributed by atoms with E-state index in [9.17, 15) is 4.39 Å². The van der Waals surface area contributed by atoms with Crippen molar-refractivity contribution in [2.45, 2.75) is 12.8 Å². The Morgan fingerprint density at radius 3 is 2.59 bits per heavy atom. The molecule has 0 radical (unpaired) electrons. The lowest BCUT2D eigenvalue weighted by Crippen LogP contribution is -2.26. The Morgan fingerprint density at radius 1 is 1.07 bits per heavy atom. The monoisotopic (exact) mass is 431 g/mol. The molecule has 0 saturated carbocycles. The molecule has 142 valence electrons. The largest absolute Gasteiger partial charge is 0.493 e. The molecule has 0 aliphatic carbocycles. The first-order valence-corrected chi connectivity index (χ1v) is 10.5. The highest BCUT2D eigenvalue weighted by Crippen LogP contribution is 2.40. The van der Waals surface area contributed by atoms with Gasteiger partial charge in [0, 0.05) is 17.4 Å². The molecule has 0 unspecified atom stereocenters. The van der Waals surface area contributed by atoms with Crippen molar-refractivity contribution in [1.29, 1.82) is 0 Å². The number of rotatable bonds is 6. The van der Waals surface area contributed by atoms with Crippen LogP contribution in [0.5, 0.6) is 11.5 Å². The maximum atomic E-state index is 13.5. The van der Waals surface area contributed by atoms with Crippen molar-refractivity contribution < 1.29 is 13.9 Å². The van der Waals surface area contributed by atoms with Gasteiger partial charge in [0.05, 0.1) is 6.61 Å². The van der Waals surface area contributed by atoms with Gasteiger partial charge in [-0.2, -0.15) is 0 Å². The summed E-state index contributed by atoms with van der Waals surface area (Å²) in [6.07, 6.45) is 2.50. The number of nitrogens with zero attached hydrogens (tertiary/aromatic N) is 1. The van der Waals surface area contributed by atoms with Crippen LogP contribution in [0.1, 0.15) is 24.0 Å². The third-order valence-corrected chi connectivity index (χ3v) is 5.39. The standard InChI is InChI=1S/C22H23BrFNO2/c23-9-12-26-19-7-8-21-20(13-19)22(16-3-5-18(24)6-4-16)17(15-27-21)14-25-10-1-2-11-25/h3-8,13H,1-2,9-12,14-15H2. The van der Waals surface area contributed by atoms with E-state index in [4.69, 9.17) is 9.47 Å². The predicted molar refractivity (Wildman–Crippen MR) is 109 cm³/mol. The SMILES string of the molecule is Fc1ccc(C2=C(CN3CCCC3)COc3ccc(OCCBr)cc32)cc1. The molecule has 2 aromatic carbocycles. The minimum Gasteiger partial charge on any atom is -0.493 e. The zero-order valence-corrected chi connectivity index (χ0v) is 16.8. The second-order valence-electron chi connectivity index (χ2n) is 6.95. The van der Waals surface area contributed by atoms with Crippen LogP contribution in [0.25, 0.3) is 5.57 Å². The molecular weight excluding hydrogens is 409 g/mol. The van der Waals surface area contributed by atoms with Gasteiger partial charge in [-0.05, 0) is 73.0 Å². The minimum atomic E-state index is -0.220. The fraction of sp³-hybridized carbons (Fsp3) is 0.364. The van der Waals surface area contributed by atoms with Crippen LogP contribution in [0, 0.1) is 5.82 Å². The molecule has 0 atom stereocenters. The summed E-state index contributed by atoms with van der Waals surface area (Å²) in [5, 5.41) is 0.779. The number of fused-ring (bicyclic) bond motifs is 1. The summed E-state index contributed by atoms with van der Waals surface area (Å²) in [5.41, 5.74) is 4.43. The molecule has 3 nitrogen and oxygen atoms in total. The van der Waals surface area contributed by atoms with E-state index in [1.54, 1.807) is 0 Å². The Labute approximate surface area is 167 Å². The highest BCUT2D eigenvalue weighted by molar-refractivity contribution is 9.09. The summed E-state index contributed by atoms with van der Waals surface area (Å²) in [6.45, 7) is 4.31. The number of ether oxygens (including phenoxy) is 2. The fourth-order valence-corrected chi connectivity index (χ4v) is 3.98. The third kappa shape index (κ3) is 4.19. The molecule has 0 N–H and O–H groups in total. The quantitative estimate of drug-likeness (QED) is 0.607. The van der Waals surface area contributed by atoms with Crippen molar-refractivity contribution in [3.05, 3.63) is 65.0 Å². The molecule has 2 aromatic rings. The van der Waals surface area contributed by atoms with Gasteiger partial charge in [0.25, 0.3) is 0 Å². The molecule has 5 heteroatoms. The first-order valence-electron chi connectivity index (χ1n) is 9.41. The van der Waals surface area contributed by atoms with Crippen LogP contribution in [-0.4, -0.2) is 43.1 Å². The van der Waals surface area contributed by atoms with E-state index in [1.807, 2.05) is 30.3 Å². The summed E-state index contributed by atoms with van der Waals surface area (Å²) in [5.74, 6) is 1.45. The number of benzene rings is 2. The van der Waals surface area contributed by atoms with Crippen LogP contribution in [-0.2, 0) is 0 Å². The molecule has 4 rings (SSSR count). The number of halogens is 2. The van der Waals surface area contributed by atoms with Gasteiger partial charge in [0.2, 0.25) is 0 Å². The van der Waals surface area contributed by atoms with Gasteiger partial charge < -0.3 is 9.47 Å². The van der Waals surface area contributed by atoms with E-state index in [1.165, 1.54) is 30.5 Å². The Balaban J connectivity index is 1.77. The highest BCUT2D eigenvalue weighted by atomic mass is 79.9. The number of alkyl halides is 1. The normalized spacial score (nSPS) is 17.0. The lowest BCUT2D eigenvalue weighted by Gasteiger charge is -2.27. The highest BCUT2D eigenvalue weighted by Gasteiger charge is 2.24. The Hall–Kier alpha value is -1.85. The Bertz CT molecular complexity index is 829. The molecule has 2 heterocycles. The van der Waals surface area contributed by atoms with Crippen LogP contribution >= 0.6 is 15.9 Å². The third-order valence-electron chi connectivity index (χ3n) is 5.07. The number of hydrogen-bond donors (Lipinski definition) is 0. The molecule has 1 fully saturated rings. The summed E-state index contributed by atoms with van der Waals surface area (Å²) in [7, 11) is 0. The van der Waals surface area contributed by atoms with Crippen LogP contribution in [0.2, 0.25) is 0 Å². The smallest absolute Gasteiger partial charge is 0.127 e. The average molecular weight is 432 g/mol. The minimum absolute atomic E-state index is 0.220. The molecule has 0 amide bonds. The molecular formula is C22H23BrFNO2. The van der Waals surface area contributed by atoms with Crippen LogP contribution < -0.4 is 9.47 Å². The molecule has 27 heavy (non-hydrogen) atoms. The topological polar surface area (TPSA) is 21.7 Å². The molecule has 0 bridgehead atoms. The van der Waals surface area contributed by atoms with Crippen molar-refractivity contribution >= 4 is 21.5 Å². The summed E-state index contributed by atoms with van der Waals surface area (Å²) >= 11 is 3.40. The molecule has 2 aliphatic heterocycles. The lowest BCUT2D eigenvalue weighted by molar-refractivity contribution is 0.307. The Kier molecular flexibility index (Phi) is 5.79. The van der Waals surface area contributed by atoms with E-state index in [2.05, 4.69) is 20.8 Å². The number of hydrogen-bond acceptors (Lipinski definition) is 3. The van der Waals surface area contributed by atoms with E-state index < -0.39 is 0 Å². The lowest BCUT2D eigenvalue weighted by atomic mass is 9.90. The van der Waals surface area contributed by atoms with Crippen LogP contribution in [0.15, 0.2) is 48.0 Å². The van der Waals surface area contributed by atoms with Crippen molar-refractivity contribution in [1.82, 2.24) is 4.90 Å². The van der Waals surface area contributed by atoms with E-state index in [-0.39, 0.29) is 5.82 Å². The molecule has 0 spiro atoms. The van der Waals surface area contributed by atoms with Gasteiger partial charge in [-0.3, -0.25) is 4.90 Å². The first kappa shape index (κ1) is 18.5. The number of likely N-dealkylation sites (tertiary alicyclic amines) is 1. The van der Waals surface area contributed by atoms with Crippen LogP contribution in [0.3, 0.4) is 0 Å². The van der Waals surface area contributed by atoms with Crippen LogP contribution in [0.4, 0.5) is 4.39 Å². The van der Waals surface area contributed by atoms with E-state index >= 15 is 0 Å². The summed E-state index contributed by atoms with van der Waals surface area (Å²) < 4.78 is 25.4. The van der Waals surface area contributed by atoms with Gasteiger partial charge in [0.15, 0.2) is 0 Å². The summed E-state index contributed by atoms with van der Waals surface area (Å²) in [4.78, 5) is 2.47. The maximum absolute atomic E-state index is 13.5. The fourth-order valence-electron chi connectivity index (χ4n) is 3.82. The van der Waals surface area contributed by atoms with Gasteiger partial charge >= 0.3 is 0 Å². The second-order valence-corrected chi connectivity index (χ2v) is 7.75. The van der Waals surface area contributed by atoms with Crippen molar-refractivity contribution in [3.63, 3.8) is 0 Å². The summed E-state index contributed by atoms with van der Waals surface area (Å²) in [6, 6.07) is 12.7. The Morgan fingerprint density at radius 2 is 1.85 bits per heavy atom. The van der Waals surface area contributed by atoms with Gasteiger partial charge in [-0.1, -0.05) is 28.1 Å². The zero-order chi connectivity index (χ0) is 18.6. The molecule has 0 aromatic heterocycles. The predicted octanol–water partition coefficient (Wildman–Crippen LogP) is 4.89. The van der Waals surface area contributed by atoms with Gasteiger partial charge in [-0.15, -0.1) is 0 Å². The van der Waals surface area contributed by atoms with Crippen molar-refractivity contribution in [2.75, 3.05) is 38.2 Å². The van der Waals surface area contributed by atoms with E-state index in [0.29, 0.717) is 13.2 Å².